The second-order valence-electron chi connectivity index (χ2n) is 7.82. The number of benzene rings is 2. The summed E-state index contributed by atoms with van der Waals surface area (Å²) in [6.45, 7) is 0. The summed E-state index contributed by atoms with van der Waals surface area (Å²) in [5.41, 5.74) is 1.36. The quantitative estimate of drug-likeness (QED) is 0.315. The normalized spacial score (nSPS) is 10.6. The summed E-state index contributed by atoms with van der Waals surface area (Å²) in [4.78, 5) is 34.7. The van der Waals surface area contributed by atoms with Gasteiger partial charge in [0.25, 0.3) is 0 Å². The molecule has 4 rings (SSSR count). The van der Waals surface area contributed by atoms with E-state index in [1.807, 2.05) is 6.07 Å². The van der Waals surface area contributed by atoms with E-state index in [1.165, 1.54) is 55.6 Å². The summed E-state index contributed by atoms with van der Waals surface area (Å²) >= 11 is 6.31. The molecular weight excluding hydrogens is 503 g/mol. The van der Waals surface area contributed by atoms with Gasteiger partial charge < -0.3 is 24.4 Å². The highest BCUT2D eigenvalue weighted by Crippen LogP contribution is 2.34. The molecule has 2 heterocycles. The maximum Gasteiger partial charge on any atom is 0.240 e. The van der Waals surface area contributed by atoms with Crippen LogP contribution in [0.5, 0.6) is 23.3 Å². The molecule has 0 radical (unpaired) electrons. The number of carbonyl (C=O) groups excluding carboxylic acids is 2. The minimum absolute atomic E-state index is 0.0825. The molecule has 0 fully saturated rings. The van der Waals surface area contributed by atoms with Crippen molar-refractivity contribution >= 4 is 45.7 Å². The highest BCUT2D eigenvalue weighted by atomic mass is 35.5. The van der Waals surface area contributed by atoms with Crippen LogP contribution in [0.1, 0.15) is 6.42 Å². The van der Waals surface area contributed by atoms with E-state index in [0.717, 1.165) is 5.39 Å². The van der Waals surface area contributed by atoms with Crippen LogP contribution in [0, 0.1) is 5.82 Å². The SMILES string of the molecule is COc1cc2ccc(Oc3ncc(NC(=O)CC(=O)N(C)c4ccc(F)cc4)cc3Cl)nc2cc1OC. The highest BCUT2D eigenvalue weighted by molar-refractivity contribution is 6.32. The Morgan fingerprint density at radius 3 is 2.41 bits per heavy atom. The molecule has 0 saturated carbocycles. The number of halogens is 2. The fraction of sp³-hybridized carbons (Fsp3) is 0.154. The molecule has 1 N–H and O–H groups in total. The first kappa shape index (κ1) is 25.6. The van der Waals surface area contributed by atoms with Crippen molar-refractivity contribution in [1.29, 1.82) is 0 Å². The molecular formula is C26H22ClFN4O5. The predicted octanol–water partition coefficient (Wildman–Crippen LogP) is 5.22. The van der Waals surface area contributed by atoms with E-state index in [9.17, 15) is 14.0 Å². The Balaban J connectivity index is 1.41. The van der Waals surface area contributed by atoms with E-state index in [2.05, 4.69) is 15.3 Å². The van der Waals surface area contributed by atoms with Crippen LogP contribution in [0.3, 0.4) is 0 Å². The molecule has 0 spiro atoms. The van der Waals surface area contributed by atoms with Crippen LogP contribution in [0.25, 0.3) is 10.9 Å². The average Bonchev–Trinajstić information content (AvgIpc) is 2.89. The highest BCUT2D eigenvalue weighted by Gasteiger charge is 2.17. The molecule has 2 aromatic carbocycles. The fourth-order valence-corrected chi connectivity index (χ4v) is 3.63. The Morgan fingerprint density at radius 1 is 1.03 bits per heavy atom. The number of methoxy groups -OCH3 is 2. The number of nitrogens with zero attached hydrogens (tertiary/aromatic N) is 3. The van der Waals surface area contributed by atoms with Gasteiger partial charge in [0.1, 0.15) is 17.3 Å². The van der Waals surface area contributed by atoms with E-state index in [1.54, 1.807) is 25.3 Å². The number of anilines is 2. The Morgan fingerprint density at radius 2 is 1.73 bits per heavy atom. The molecule has 2 amide bonds. The van der Waals surface area contributed by atoms with Crippen molar-refractivity contribution in [2.24, 2.45) is 0 Å². The van der Waals surface area contributed by atoms with Crippen molar-refractivity contribution in [3.8, 4) is 23.3 Å². The van der Waals surface area contributed by atoms with Crippen LogP contribution in [0.2, 0.25) is 5.02 Å². The van der Waals surface area contributed by atoms with Gasteiger partial charge in [-0.15, -0.1) is 0 Å². The maximum absolute atomic E-state index is 13.1. The summed E-state index contributed by atoms with van der Waals surface area (Å²) < 4.78 is 29.5. The van der Waals surface area contributed by atoms with Gasteiger partial charge in [-0.1, -0.05) is 11.6 Å². The van der Waals surface area contributed by atoms with Crippen molar-refractivity contribution in [2.75, 3.05) is 31.5 Å². The van der Waals surface area contributed by atoms with Crippen molar-refractivity contribution in [3.63, 3.8) is 0 Å². The minimum atomic E-state index is -0.564. The molecule has 0 unspecified atom stereocenters. The van der Waals surface area contributed by atoms with E-state index < -0.39 is 24.1 Å². The number of hydrogen-bond donors (Lipinski definition) is 1. The lowest BCUT2D eigenvalue weighted by molar-refractivity contribution is -0.125. The van der Waals surface area contributed by atoms with Crippen LogP contribution in [-0.2, 0) is 9.59 Å². The van der Waals surface area contributed by atoms with Crippen molar-refractivity contribution in [1.82, 2.24) is 9.97 Å². The third-order valence-corrected chi connectivity index (χ3v) is 5.63. The van der Waals surface area contributed by atoms with Crippen LogP contribution in [0.4, 0.5) is 15.8 Å². The molecule has 190 valence electrons. The van der Waals surface area contributed by atoms with Crippen LogP contribution < -0.4 is 24.4 Å². The fourth-order valence-electron chi connectivity index (χ4n) is 3.43. The first-order valence-electron chi connectivity index (χ1n) is 11.0. The van der Waals surface area contributed by atoms with Crippen molar-refractivity contribution < 1.29 is 28.2 Å². The molecule has 0 aliphatic carbocycles. The second-order valence-corrected chi connectivity index (χ2v) is 8.22. The number of amides is 2. The van der Waals surface area contributed by atoms with Crippen LogP contribution in [0.15, 0.2) is 60.8 Å². The molecule has 0 aliphatic rings. The summed E-state index contributed by atoms with van der Waals surface area (Å²) in [6, 6.07) is 13.8. The predicted molar refractivity (Wildman–Crippen MR) is 137 cm³/mol. The standard InChI is InChI=1S/C26H22ClFN4O5/c1-32(18-7-5-16(28)6-8-18)25(34)13-23(33)30-17-11-19(27)26(29-14-17)37-24-9-4-15-10-21(35-2)22(36-3)12-20(15)31-24/h4-12,14H,13H2,1-3H3,(H,30,33). The number of aromatic nitrogens is 2. The number of fused-ring (bicyclic) bond motifs is 1. The zero-order valence-corrected chi connectivity index (χ0v) is 20.9. The van der Waals surface area contributed by atoms with Gasteiger partial charge in [0.15, 0.2) is 11.5 Å². The van der Waals surface area contributed by atoms with Gasteiger partial charge in [-0.05, 0) is 42.5 Å². The van der Waals surface area contributed by atoms with Crippen molar-refractivity contribution in [3.05, 3.63) is 71.6 Å². The van der Waals surface area contributed by atoms with Gasteiger partial charge in [-0.3, -0.25) is 9.59 Å². The number of hydrogen-bond acceptors (Lipinski definition) is 7. The van der Waals surface area contributed by atoms with Crippen molar-refractivity contribution in [2.45, 2.75) is 6.42 Å². The maximum atomic E-state index is 13.1. The summed E-state index contributed by atoms with van der Waals surface area (Å²) in [7, 11) is 4.59. The van der Waals surface area contributed by atoms with E-state index in [0.29, 0.717) is 22.7 Å². The van der Waals surface area contributed by atoms with Gasteiger partial charge in [0.05, 0.1) is 31.6 Å². The number of nitrogens with one attached hydrogen (secondary N) is 1. The third kappa shape index (κ3) is 6.04. The molecule has 0 atom stereocenters. The van der Waals surface area contributed by atoms with Gasteiger partial charge in [-0.25, -0.2) is 14.4 Å². The molecule has 2 aromatic heterocycles. The van der Waals surface area contributed by atoms with E-state index in [4.69, 9.17) is 25.8 Å². The second kappa shape index (κ2) is 11.1. The minimum Gasteiger partial charge on any atom is -0.493 e. The van der Waals surface area contributed by atoms with E-state index >= 15 is 0 Å². The van der Waals surface area contributed by atoms with Gasteiger partial charge >= 0.3 is 0 Å². The molecule has 11 heteroatoms. The Kier molecular flexibility index (Phi) is 7.69. The third-order valence-electron chi connectivity index (χ3n) is 5.36. The molecule has 4 aromatic rings. The Labute approximate surface area is 216 Å². The van der Waals surface area contributed by atoms with Crippen LogP contribution >= 0.6 is 11.6 Å². The molecule has 0 saturated heterocycles. The van der Waals surface area contributed by atoms with Gasteiger partial charge in [-0.2, -0.15) is 0 Å². The lowest BCUT2D eigenvalue weighted by Crippen LogP contribution is -2.30. The Hall–Kier alpha value is -4.44. The lowest BCUT2D eigenvalue weighted by atomic mass is 10.2. The summed E-state index contributed by atoms with van der Waals surface area (Å²) in [5, 5.41) is 3.53. The Bertz CT molecular complexity index is 1470. The monoisotopic (exact) mass is 524 g/mol. The van der Waals surface area contributed by atoms with Crippen LogP contribution in [-0.4, -0.2) is 43.0 Å². The van der Waals surface area contributed by atoms with E-state index in [-0.39, 0.29) is 22.5 Å². The number of rotatable bonds is 8. The number of pyridine rings is 2. The van der Waals surface area contributed by atoms with Gasteiger partial charge in [0, 0.05) is 30.3 Å². The average molecular weight is 525 g/mol. The molecule has 0 aliphatic heterocycles. The molecule has 37 heavy (non-hydrogen) atoms. The molecule has 0 bridgehead atoms. The smallest absolute Gasteiger partial charge is 0.240 e. The first-order chi connectivity index (χ1) is 17.8. The summed E-state index contributed by atoms with van der Waals surface area (Å²) in [6.07, 6.45) is 0.918. The molecule has 9 nitrogen and oxygen atoms in total. The topological polar surface area (TPSA) is 103 Å². The number of carbonyl (C=O) groups is 2. The zero-order chi connectivity index (χ0) is 26.5. The summed E-state index contributed by atoms with van der Waals surface area (Å²) in [5.74, 6) is -0.0171. The number of ether oxygens (including phenoxy) is 3. The lowest BCUT2D eigenvalue weighted by Gasteiger charge is -2.17. The largest absolute Gasteiger partial charge is 0.493 e. The van der Waals surface area contributed by atoms with Gasteiger partial charge in [0.2, 0.25) is 23.6 Å². The zero-order valence-electron chi connectivity index (χ0n) is 20.1. The first-order valence-corrected chi connectivity index (χ1v) is 11.3.